The van der Waals surface area contributed by atoms with Gasteiger partial charge in [0.2, 0.25) is 0 Å². The van der Waals surface area contributed by atoms with Crippen LogP contribution in [0.25, 0.3) is 0 Å². The van der Waals surface area contributed by atoms with Crippen molar-refractivity contribution in [1.82, 2.24) is 14.7 Å². The molecule has 3 rings (SSSR count). The lowest BCUT2D eigenvalue weighted by atomic mass is 10.0. The second-order valence-corrected chi connectivity index (χ2v) is 11.9. The molecule has 1 aromatic rings. The second kappa shape index (κ2) is 12.2. The van der Waals surface area contributed by atoms with E-state index < -0.39 is 52.5 Å². The summed E-state index contributed by atoms with van der Waals surface area (Å²) in [6, 6.07) is 2.40. The molecule has 226 valence electrons. The first-order valence-corrected chi connectivity index (χ1v) is 13.3. The number of esters is 1. The zero-order chi connectivity index (χ0) is 30.7. The molecule has 14 heteroatoms. The van der Waals surface area contributed by atoms with Crippen molar-refractivity contribution in [1.29, 1.82) is 0 Å². The summed E-state index contributed by atoms with van der Waals surface area (Å²) in [6.07, 6.45) is -0.947. The molecule has 1 saturated carbocycles. The van der Waals surface area contributed by atoms with Gasteiger partial charge in [-0.15, -0.1) is 0 Å². The van der Waals surface area contributed by atoms with Crippen molar-refractivity contribution >= 4 is 29.9 Å². The Labute approximate surface area is 238 Å². The van der Waals surface area contributed by atoms with Crippen LogP contribution >= 0.6 is 0 Å². The van der Waals surface area contributed by atoms with Gasteiger partial charge in [-0.25, -0.2) is 19.2 Å². The average molecular weight is 579 g/mol. The average Bonchev–Trinajstić information content (AvgIpc) is 3.69. The second-order valence-electron chi connectivity index (χ2n) is 11.9. The zero-order valence-corrected chi connectivity index (χ0v) is 24.4. The van der Waals surface area contributed by atoms with Crippen molar-refractivity contribution in [3.05, 3.63) is 34.4 Å². The van der Waals surface area contributed by atoms with E-state index in [-0.39, 0.29) is 37.1 Å². The fourth-order valence-electron chi connectivity index (χ4n) is 4.33. The number of non-ortho nitro benzene ring substituents is 1. The predicted molar refractivity (Wildman–Crippen MR) is 144 cm³/mol. The molecule has 0 aromatic heterocycles. The molecule has 0 bridgehead atoms. The summed E-state index contributed by atoms with van der Waals surface area (Å²) in [5, 5.41) is 11.0. The first-order valence-electron chi connectivity index (χ1n) is 13.3. The summed E-state index contributed by atoms with van der Waals surface area (Å²) in [5.74, 6) is -0.715. The van der Waals surface area contributed by atoms with E-state index in [2.05, 4.69) is 0 Å². The van der Waals surface area contributed by atoms with Crippen molar-refractivity contribution in [3.8, 4) is 5.75 Å². The summed E-state index contributed by atoms with van der Waals surface area (Å²) in [5.41, 5.74) is -1.87. The Morgan fingerprint density at radius 2 is 1.44 bits per heavy atom. The van der Waals surface area contributed by atoms with Crippen molar-refractivity contribution in [3.63, 3.8) is 0 Å². The third-order valence-corrected chi connectivity index (χ3v) is 6.24. The van der Waals surface area contributed by atoms with Crippen LogP contribution in [0.15, 0.2) is 24.3 Å². The molecule has 41 heavy (non-hydrogen) atoms. The minimum absolute atomic E-state index is 0.00221. The number of ether oxygens (including phenoxy) is 4. The Morgan fingerprint density at radius 1 is 0.927 bits per heavy atom. The van der Waals surface area contributed by atoms with Gasteiger partial charge in [0.05, 0.1) is 18.1 Å². The molecule has 2 aliphatic rings. The number of carbonyl (C=O) groups excluding carboxylic acids is 4. The maximum Gasteiger partial charge on any atom is 0.415 e. The first-order chi connectivity index (χ1) is 19.0. The van der Waals surface area contributed by atoms with E-state index in [4.69, 9.17) is 18.9 Å². The van der Waals surface area contributed by atoms with Gasteiger partial charge in [-0.2, -0.15) is 0 Å². The molecule has 1 aromatic carbocycles. The number of nitrogens with zero attached hydrogens (tertiary/aromatic N) is 4. The fraction of sp³-hybridized carbons (Fsp3) is 0.630. The van der Waals surface area contributed by atoms with Crippen LogP contribution in [0.2, 0.25) is 0 Å². The topological polar surface area (TPSA) is 158 Å². The SMILES string of the molecule is COC(=O)[C@H]1[C@H](CN(C(=O)Oc2ccc([N+](=O)[O-])cc2)C2CC2)N(C(=O)OC(C)(C)C)CCN1C(=O)OC(C)(C)C. The van der Waals surface area contributed by atoms with E-state index in [0.29, 0.717) is 12.8 Å². The predicted octanol–water partition coefficient (Wildman–Crippen LogP) is 3.96. The molecule has 0 unspecified atom stereocenters. The van der Waals surface area contributed by atoms with E-state index in [1.807, 2.05) is 0 Å². The lowest BCUT2D eigenvalue weighted by molar-refractivity contribution is -0.384. The lowest BCUT2D eigenvalue weighted by Gasteiger charge is -2.47. The van der Waals surface area contributed by atoms with Crippen LogP contribution in [0, 0.1) is 10.1 Å². The Morgan fingerprint density at radius 3 is 1.90 bits per heavy atom. The molecule has 0 radical (unpaired) electrons. The molecule has 0 N–H and O–H groups in total. The van der Waals surface area contributed by atoms with Crippen LogP contribution in [-0.2, 0) is 19.0 Å². The van der Waals surface area contributed by atoms with Crippen LogP contribution in [0.5, 0.6) is 5.75 Å². The van der Waals surface area contributed by atoms with Gasteiger partial charge in [-0.05, 0) is 66.5 Å². The Kier molecular flexibility index (Phi) is 9.34. The zero-order valence-electron chi connectivity index (χ0n) is 24.4. The quantitative estimate of drug-likeness (QED) is 0.209. The molecular weight excluding hydrogens is 540 g/mol. The van der Waals surface area contributed by atoms with Gasteiger partial charge in [0.1, 0.15) is 17.0 Å². The van der Waals surface area contributed by atoms with Crippen LogP contribution in [0.3, 0.4) is 0 Å². The number of hydrogen-bond donors (Lipinski definition) is 0. The van der Waals surface area contributed by atoms with Crippen LogP contribution in [-0.4, -0.2) is 99.9 Å². The van der Waals surface area contributed by atoms with Gasteiger partial charge in [0.15, 0.2) is 6.04 Å². The van der Waals surface area contributed by atoms with E-state index >= 15 is 0 Å². The van der Waals surface area contributed by atoms with Crippen LogP contribution in [0.1, 0.15) is 54.4 Å². The molecule has 1 saturated heterocycles. The normalized spacial score (nSPS) is 19.2. The molecular formula is C27H38N4O10. The van der Waals surface area contributed by atoms with Crippen molar-refractivity contribution in [2.45, 2.75) is 83.7 Å². The summed E-state index contributed by atoms with van der Waals surface area (Å²) in [4.78, 5) is 67.4. The number of benzene rings is 1. The molecule has 1 aliphatic heterocycles. The van der Waals surface area contributed by atoms with E-state index in [9.17, 15) is 29.3 Å². The smallest absolute Gasteiger partial charge is 0.415 e. The first kappa shape index (κ1) is 31.4. The fourth-order valence-corrected chi connectivity index (χ4v) is 4.33. The van der Waals surface area contributed by atoms with Crippen LogP contribution in [0.4, 0.5) is 20.1 Å². The van der Waals surface area contributed by atoms with Crippen LogP contribution < -0.4 is 4.74 Å². The number of amides is 3. The number of methoxy groups -OCH3 is 1. The van der Waals surface area contributed by atoms with E-state index in [1.165, 1.54) is 46.1 Å². The number of nitro benzene ring substituents is 1. The monoisotopic (exact) mass is 578 g/mol. The Hall–Kier alpha value is -4.10. The molecule has 0 spiro atoms. The van der Waals surface area contributed by atoms with Gasteiger partial charge >= 0.3 is 24.2 Å². The minimum atomic E-state index is -1.32. The number of nitro groups is 1. The van der Waals surface area contributed by atoms with Gasteiger partial charge in [-0.1, -0.05) is 0 Å². The summed E-state index contributed by atoms with van der Waals surface area (Å²) >= 11 is 0. The van der Waals surface area contributed by atoms with Crippen molar-refractivity contribution in [2.75, 3.05) is 26.7 Å². The number of piperazine rings is 1. The highest BCUT2D eigenvalue weighted by atomic mass is 16.6. The molecule has 1 heterocycles. The summed E-state index contributed by atoms with van der Waals surface area (Å²) in [6.45, 7) is 9.95. The van der Waals surface area contributed by atoms with Crippen molar-refractivity contribution in [2.24, 2.45) is 0 Å². The van der Waals surface area contributed by atoms with Gasteiger partial charge in [0.25, 0.3) is 5.69 Å². The number of rotatable bonds is 6. The lowest BCUT2D eigenvalue weighted by Crippen LogP contribution is -2.68. The Bertz CT molecular complexity index is 1150. The highest BCUT2D eigenvalue weighted by Gasteiger charge is 2.50. The number of hydrogen-bond acceptors (Lipinski definition) is 10. The molecule has 14 nitrogen and oxygen atoms in total. The van der Waals surface area contributed by atoms with E-state index in [0.717, 1.165) is 0 Å². The molecule has 3 amide bonds. The molecule has 2 fully saturated rings. The standard InChI is InChI=1S/C27H38N4O10/c1-26(2,3)40-24(34)28-14-15-29(25(35)41-27(4,5)6)21(22(32)38-7)20(28)16-30(17-8-9-17)23(33)39-19-12-10-18(11-13-19)31(36)37/h10-13,17,20-21H,8-9,14-16H2,1-7H3/t20-,21+/m0/s1. The minimum Gasteiger partial charge on any atom is -0.467 e. The van der Waals surface area contributed by atoms with Gasteiger partial charge in [0, 0.05) is 37.8 Å². The van der Waals surface area contributed by atoms with Crippen molar-refractivity contribution < 1.29 is 43.0 Å². The highest BCUT2D eigenvalue weighted by molar-refractivity contribution is 5.84. The van der Waals surface area contributed by atoms with Gasteiger partial charge < -0.3 is 23.8 Å². The maximum absolute atomic E-state index is 13.4. The largest absolute Gasteiger partial charge is 0.467 e. The van der Waals surface area contributed by atoms with E-state index in [1.54, 1.807) is 41.5 Å². The third-order valence-electron chi connectivity index (χ3n) is 6.24. The molecule has 2 atom stereocenters. The molecule has 1 aliphatic carbocycles. The summed E-state index contributed by atoms with van der Waals surface area (Å²) < 4.78 is 21.7. The van der Waals surface area contributed by atoms with Gasteiger partial charge in [-0.3, -0.25) is 19.9 Å². The highest BCUT2D eigenvalue weighted by Crippen LogP contribution is 2.32. The maximum atomic E-state index is 13.4. The summed E-state index contributed by atoms with van der Waals surface area (Å²) in [7, 11) is 1.17. The Balaban J connectivity index is 1.96. The third kappa shape index (κ3) is 8.44. The number of carbonyl (C=O) groups is 4.